The van der Waals surface area contributed by atoms with Gasteiger partial charge in [-0.2, -0.15) is 0 Å². The summed E-state index contributed by atoms with van der Waals surface area (Å²) in [5, 5.41) is 0. The molecule has 2 heteroatoms. The lowest BCUT2D eigenvalue weighted by Crippen LogP contribution is -2.41. The molecule has 0 aliphatic carbocycles. The molecular formula is C8H11NO. The Balaban J connectivity index is 2.18. The van der Waals surface area contributed by atoms with Crippen LogP contribution in [0.15, 0.2) is 12.2 Å². The summed E-state index contributed by atoms with van der Waals surface area (Å²) in [6.45, 7) is 1.81. The van der Waals surface area contributed by atoms with Crippen LogP contribution in [-0.4, -0.2) is 23.9 Å². The Morgan fingerprint density at radius 3 is 3.30 bits per heavy atom. The van der Waals surface area contributed by atoms with Crippen LogP contribution in [0, 0.1) is 5.92 Å². The second-order valence-electron chi connectivity index (χ2n) is 3.03. The normalized spacial score (nSPS) is 31.0. The Morgan fingerprint density at radius 1 is 1.60 bits per heavy atom. The van der Waals surface area contributed by atoms with Gasteiger partial charge < -0.3 is 4.90 Å². The minimum absolute atomic E-state index is 0.334. The Morgan fingerprint density at radius 2 is 2.50 bits per heavy atom. The van der Waals surface area contributed by atoms with Gasteiger partial charge in [0.05, 0.1) is 0 Å². The van der Waals surface area contributed by atoms with Gasteiger partial charge in [0.25, 0.3) is 0 Å². The first kappa shape index (κ1) is 5.96. The van der Waals surface area contributed by atoms with Crippen LogP contribution in [0.3, 0.4) is 0 Å². The minimum atomic E-state index is 0.334. The SMILES string of the molecule is O=C1CCC2C=CCN1C2. The highest BCUT2D eigenvalue weighted by molar-refractivity contribution is 5.77. The Kier molecular flexibility index (Phi) is 1.26. The molecule has 2 aliphatic rings. The van der Waals surface area contributed by atoms with E-state index in [9.17, 15) is 4.79 Å². The molecule has 0 spiro atoms. The van der Waals surface area contributed by atoms with Gasteiger partial charge >= 0.3 is 0 Å². The maximum atomic E-state index is 11.1. The summed E-state index contributed by atoms with van der Waals surface area (Å²) in [6.07, 6.45) is 6.16. The Hall–Kier alpha value is -0.790. The average Bonchev–Trinajstić information content (AvgIpc) is 1.99. The van der Waals surface area contributed by atoms with E-state index in [-0.39, 0.29) is 0 Å². The zero-order valence-electron chi connectivity index (χ0n) is 5.92. The molecule has 2 aliphatic heterocycles. The lowest BCUT2D eigenvalue weighted by Gasteiger charge is -2.33. The summed E-state index contributed by atoms with van der Waals surface area (Å²) in [5.41, 5.74) is 0. The van der Waals surface area contributed by atoms with Crippen molar-refractivity contribution in [3.05, 3.63) is 12.2 Å². The molecule has 0 saturated carbocycles. The summed E-state index contributed by atoms with van der Waals surface area (Å²) < 4.78 is 0. The van der Waals surface area contributed by atoms with E-state index in [1.165, 1.54) is 0 Å². The molecule has 1 saturated heterocycles. The first-order valence-corrected chi connectivity index (χ1v) is 3.81. The van der Waals surface area contributed by atoms with Crippen molar-refractivity contribution in [2.24, 2.45) is 5.92 Å². The summed E-state index contributed by atoms with van der Waals surface area (Å²) in [6, 6.07) is 0. The van der Waals surface area contributed by atoms with Crippen molar-refractivity contribution in [2.75, 3.05) is 13.1 Å². The summed E-state index contributed by atoms with van der Waals surface area (Å²) in [7, 11) is 0. The van der Waals surface area contributed by atoms with Crippen molar-refractivity contribution in [2.45, 2.75) is 12.8 Å². The summed E-state index contributed by atoms with van der Waals surface area (Å²) in [5.74, 6) is 0.993. The summed E-state index contributed by atoms with van der Waals surface area (Å²) >= 11 is 0. The van der Waals surface area contributed by atoms with Crippen LogP contribution in [0.4, 0.5) is 0 Å². The average molecular weight is 137 g/mol. The molecule has 2 nitrogen and oxygen atoms in total. The maximum Gasteiger partial charge on any atom is 0.222 e. The standard InChI is InChI=1S/C8H11NO/c10-8-4-3-7-2-1-5-9(8)6-7/h1-2,7H,3-6H2. The highest BCUT2D eigenvalue weighted by atomic mass is 16.2. The Labute approximate surface area is 60.5 Å². The van der Waals surface area contributed by atoms with Gasteiger partial charge in [-0.25, -0.2) is 0 Å². The van der Waals surface area contributed by atoms with Gasteiger partial charge in [0, 0.05) is 19.5 Å². The second-order valence-corrected chi connectivity index (χ2v) is 3.03. The van der Waals surface area contributed by atoms with E-state index in [0.29, 0.717) is 11.8 Å². The van der Waals surface area contributed by atoms with Crippen molar-refractivity contribution in [3.63, 3.8) is 0 Å². The number of hydrogen-bond donors (Lipinski definition) is 0. The highest BCUT2D eigenvalue weighted by Crippen LogP contribution is 2.21. The number of hydrogen-bond acceptors (Lipinski definition) is 1. The molecule has 0 N–H and O–H groups in total. The molecule has 0 radical (unpaired) electrons. The van der Waals surface area contributed by atoms with Crippen LogP contribution in [0.1, 0.15) is 12.8 Å². The quantitative estimate of drug-likeness (QED) is 0.452. The third-order valence-electron chi connectivity index (χ3n) is 2.27. The number of carbonyl (C=O) groups excluding carboxylic acids is 1. The van der Waals surface area contributed by atoms with Crippen molar-refractivity contribution in [1.82, 2.24) is 4.90 Å². The fraction of sp³-hybridized carbons (Fsp3) is 0.625. The predicted molar refractivity (Wildman–Crippen MR) is 38.4 cm³/mol. The number of amides is 1. The first-order valence-electron chi connectivity index (χ1n) is 3.81. The van der Waals surface area contributed by atoms with Gasteiger partial charge in [0.2, 0.25) is 5.91 Å². The molecule has 10 heavy (non-hydrogen) atoms. The van der Waals surface area contributed by atoms with Gasteiger partial charge in [-0.3, -0.25) is 4.79 Å². The van der Waals surface area contributed by atoms with Gasteiger partial charge in [0.15, 0.2) is 0 Å². The molecule has 1 fully saturated rings. The molecule has 1 atom stereocenters. The van der Waals surface area contributed by atoms with Crippen LogP contribution < -0.4 is 0 Å². The molecular weight excluding hydrogens is 126 g/mol. The van der Waals surface area contributed by atoms with E-state index in [4.69, 9.17) is 0 Å². The van der Waals surface area contributed by atoms with E-state index in [2.05, 4.69) is 12.2 Å². The zero-order chi connectivity index (χ0) is 6.97. The molecule has 2 rings (SSSR count). The van der Waals surface area contributed by atoms with Gasteiger partial charge in [-0.1, -0.05) is 12.2 Å². The largest absolute Gasteiger partial charge is 0.338 e. The van der Waals surface area contributed by atoms with Gasteiger partial charge in [0.1, 0.15) is 0 Å². The molecule has 54 valence electrons. The molecule has 0 aromatic carbocycles. The van der Waals surface area contributed by atoms with Crippen LogP contribution in [0.5, 0.6) is 0 Å². The van der Waals surface area contributed by atoms with E-state index >= 15 is 0 Å². The maximum absolute atomic E-state index is 11.1. The predicted octanol–water partition coefficient (Wildman–Crippen LogP) is 0.795. The van der Waals surface area contributed by atoms with E-state index < -0.39 is 0 Å². The van der Waals surface area contributed by atoms with Crippen LogP contribution >= 0.6 is 0 Å². The van der Waals surface area contributed by atoms with Crippen LogP contribution in [0.2, 0.25) is 0 Å². The first-order chi connectivity index (χ1) is 4.86. The number of carbonyl (C=O) groups is 1. The highest BCUT2D eigenvalue weighted by Gasteiger charge is 2.25. The monoisotopic (exact) mass is 137 g/mol. The Bertz CT molecular complexity index is 186. The third kappa shape index (κ3) is 0.838. The van der Waals surface area contributed by atoms with Crippen molar-refractivity contribution in [3.8, 4) is 0 Å². The fourth-order valence-electron chi connectivity index (χ4n) is 1.66. The smallest absolute Gasteiger partial charge is 0.222 e. The van der Waals surface area contributed by atoms with Crippen molar-refractivity contribution in [1.29, 1.82) is 0 Å². The second kappa shape index (κ2) is 2.11. The topological polar surface area (TPSA) is 20.3 Å². The molecule has 2 bridgehead atoms. The van der Waals surface area contributed by atoms with Gasteiger partial charge in [-0.15, -0.1) is 0 Å². The van der Waals surface area contributed by atoms with Crippen LogP contribution in [-0.2, 0) is 4.79 Å². The molecule has 2 heterocycles. The van der Waals surface area contributed by atoms with Crippen molar-refractivity contribution < 1.29 is 4.79 Å². The molecule has 0 aromatic rings. The van der Waals surface area contributed by atoms with Crippen LogP contribution in [0.25, 0.3) is 0 Å². The lowest BCUT2D eigenvalue weighted by molar-refractivity contribution is -0.133. The minimum Gasteiger partial charge on any atom is -0.338 e. The number of rotatable bonds is 0. The fourth-order valence-corrected chi connectivity index (χ4v) is 1.66. The number of fused-ring (bicyclic) bond motifs is 2. The van der Waals surface area contributed by atoms with E-state index in [1.807, 2.05) is 4.90 Å². The van der Waals surface area contributed by atoms with Gasteiger partial charge in [-0.05, 0) is 12.3 Å². The number of nitrogens with zero attached hydrogens (tertiary/aromatic N) is 1. The summed E-state index contributed by atoms with van der Waals surface area (Å²) in [4.78, 5) is 13.0. The van der Waals surface area contributed by atoms with E-state index in [0.717, 1.165) is 25.9 Å². The molecule has 1 amide bonds. The lowest BCUT2D eigenvalue weighted by atomic mass is 9.94. The molecule has 0 aromatic heterocycles. The van der Waals surface area contributed by atoms with E-state index in [1.54, 1.807) is 0 Å². The molecule has 1 unspecified atom stereocenters. The number of piperidine rings is 1. The zero-order valence-corrected chi connectivity index (χ0v) is 5.92. The van der Waals surface area contributed by atoms with Crippen molar-refractivity contribution >= 4 is 5.91 Å². The third-order valence-corrected chi connectivity index (χ3v) is 2.27.